The largest absolute Gasteiger partial charge is 0.340 e. The van der Waals surface area contributed by atoms with Crippen LogP contribution in [0.4, 0.5) is 0 Å². The Morgan fingerprint density at radius 2 is 1.81 bits per heavy atom. The Kier molecular flexibility index (Phi) is 5.23. The molecule has 1 aliphatic heterocycles. The topological polar surface area (TPSA) is 49.4 Å². The van der Waals surface area contributed by atoms with E-state index in [2.05, 4.69) is 11.6 Å². The van der Waals surface area contributed by atoms with E-state index >= 15 is 0 Å². The summed E-state index contributed by atoms with van der Waals surface area (Å²) in [6.07, 6.45) is 8.10. The normalized spacial score (nSPS) is 23.7. The van der Waals surface area contributed by atoms with Gasteiger partial charge in [-0.25, -0.2) is 0 Å². The third-order valence-corrected chi connectivity index (χ3v) is 6.00. The van der Waals surface area contributed by atoms with Crippen LogP contribution in [0.5, 0.6) is 0 Å². The number of carbonyl (C=O) groups is 2. The lowest BCUT2D eigenvalue weighted by Crippen LogP contribution is -2.75. The smallest absolute Gasteiger partial charge is 0.249 e. The summed E-state index contributed by atoms with van der Waals surface area (Å²) in [5.41, 5.74) is -1.23. The van der Waals surface area contributed by atoms with Crippen molar-refractivity contribution in [3.63, 3.8) is 0 Å². The van der Waals surface area contributed by atoms with Crippen LogP contribution in [-0.4, -0.2) is 46.3 Å². The van der Waals surface area contributed by atoms with Crippen molar-refractivity contribution >= 4 is 23.6 Å². The third-order valence-electron chi connectivity index (χ3n) is 5.30. The number of piperazine rings is 1. The zero-order chi connectivity index (χ0) is 15.5. The molecular formula is C16H28N2O2S. The minimum absolute atomic E-state index is 0.0677. The number of rotatable bonds is 6. The Bertz CT molecular complexity index is 401. The van der Waals surface area contributed by atoms with E-state index < -0.39 is 11.1 Å². The van der Waals surface area contributed by atoms with Crippen LogP contribution in [0.2, 0.25) is 0 Å². The van der Waals surface area contributed by atoms with Crippen molar-refractivity contribution in [3.05, 3.63) is 0 Å². The lowest BCUT2D eigenvalue weighted by Gasteiger charge is -2.51. The fraction of sp³-hybridized carbons (Fsp3) is 0.875. The molecule has 0 unspecified atom stereocenters. The summed E-state index contributed by atoms with van der Waals surface area (Å²) >= 11 is 1.79. The van der Waals surface area contributed by atoms with Crippen LogP contribution in [0.25, 0.3) is 0 Å². The molecule has 0 aromatic rings. The SMILES string of the molecule is CCC1(CC)C(=O)NC2(CCCC2)C(=O)N1CCCSC. The van der Waals surface area contributed by atoms with Gasteiger partial charge >= 0.3 is 0 Å². The maximum atomic E-state index is 13.1. The number of nitrogens with one attached hydrogen (secondary N) is 1. The van der Waals surface area contributed by atoms with Gasteiger partial charge in [0.15, 0.2) is 0 Å². The maximum Gasteiger partial charge on any atom is 0.249 e. The van der Waals surface area contributed by atoms with Crippen molar-refractivity contribution in [2.75, 3.05) is 18.6 Å². The Labute approximate surface area is 132 Å². The van der Waals surface area contributed by atoms with E-state index in [9.17, 15) is 9.59 Å². The zero-order valence-corrected chi connectivity index (χ0v) is 14.4. The van der Waals surface area contributed by atoms with Gasteiger partial charge in [-0.3, -0.25) is 9.59 Å². The van der Waals surface area contributed by atoms with Crippen LogP contribution in [0.15, 0.2) is 0 Å². The fourth-order valence-corrected chi connectivity index (χ4v) is 4.33. The van der Waals surface area contributed by atoms with Crippen LogP contribution >= 0.6 is 11.8 Å². The first kappa shape index (κ1) is 16.7. The third kappa shape index (κ3) is 2.69. The molecular weight excluding hydrogens is 284 g/mol. The second kappa shape index (κ2) is 6.59. The molecule has 2 fully saturated rings. The zero-order valence-electron chi connectivity index (χ0n) is 13.5. The van der Waals surface area contributed by atoms with Crippen LogP contribution in [0.1, 0.15) is 58.8 Å². The van der Waals surface area contributed by atoms with E-state index in [0.717, 1.165) is 37.9 Å². The van der Waals surface area contributed by atoms with Crippen molar-refractivity contribution < 1.29 is 9.59 Å². The molecule has 4 nitrogen and oxygen atoms in total. The Morgan fingerprint density at radius 3 is 2.33 bits per heavy atom. The van der Waals surface area contributed by atoms with Gasteiger partial charge < -0.3 is 10.2 Å². The van der Waals surface area contributed by atoms with Gasteiger partial charge in [-0.05, 0) is 44.1 Å². The summed E-state index contributed by atoms with van der Waals surface area (Å²) in [6.45, 7) is 4.74. The van der Waals surface area contributed by atoms with Crippen LogP contribution in [-0.2, 0) is 9.59 Å². The summed E-state index contributed by atoms with van der Waals surface area (Å²) in [6, 6.07) is 0. The van der Waals surface area contributed by atoms with Gasteiger partial charge in [0.25, 0.3) is 0 Å². The first-order chi connectivity index (χ1) is 10.1. The molecule has 2 amide bonds. The number of hydrogen-bond acceptors (Lipinski definition) is 3. The average molecular weight is 312 g/mol. The minimum atomic E-state index is -0.636. The molecule has 1 saturated carbocycles. The quantitative estimate of drug-likeness (QED) is 0.767. The van der Waals surface area contributed by atoms with Crippen molar-refractivity contribution in [2.45, 2.75) is 69.9 Å². The number of hydrogen-bond donors (Lipinski definition) is 1. The molecule has 120 valence electrons. The molecule has 0 aromatic heterocycles. The number of thioether (sulfide) groups is 1. The highest BCUT2D eigenvalue weighted by molar-refractivity contribution is 7.98. The molecule has 2 aliphatic rings. The minimum Gasteiger partial charge on any atom is -0.340 e. The molecule has 1 aliphatic carbocycles. The van der Waals surface area contributed by atoms with Crippen molar-refractivity contribution in [2.24, 2.45) is 0 Å². The summed E-state index contributed by atoms with van der Waals surface area (Å²) < 4.78 is 0. The number of carbonyl (C=O) groups excluding carboxylic acids is 2. The van der Waals surface area contributed by atoms with E-state index in [-0.39, 0.29) is 11.8 Å². The Balaban J connectivity index is 2.29. The predicted octanol–water partition coefficient (Wildman–Crippen LogP) is 2.57. The molecule has 1 spiro atoms. The van der Waals surface area contributed by atoms with Crippen molar-refractivity contribution in [1.29, 1.82) is 0 Å². The summed E-state index contributed by atoms with van der Waals surface area (Å²) in [7, 11) is 0. The first-order valence-electron chi connectivity index (χ1n) is 8.20. The molecule has 1 heterocycles. The molecule has 1 saturated heterocycles. The van der Waals surface area contributed by atoms with Gasteiger partial charge in [0.1, 0.15) is 11.1 Å². The van der Waals surface area contributed by atoms with Gasteiger partial charge in [-0.2, -0.15) is 11.8 Å². The monoisotopic (exact) mass is 312 g/mol. The Morgan fingerprint density at radius 1 is 1.19 bits per heavy atom. The second-order valence-electron chi connectivity index (χ2n) is 6.29. The van der Waals surface area contributed by atoms with Gasteiger partial charge in [-0.15, -0.1) is 0 Å². The van der Waals surface area contributed by atoms with Gasteiger partial charge in [0.2, 0.25) is 11.8 Å². The maximum absolute atomic E-state index is 13.1. The molecule has 5 heteroatoms. The highest BCUT2D eigenvalue weighted by Gasteiger charge is 2.57. The number of nitrogens with zero attached hydrogens (tertiary/aromatic N) is 1. The molecule has 0 atom stereocenters. The number of amides is 2. The highest BCUT2D eigenvalue weighted by Crippen LogP contribution is 2.39. The predicted molar refractivity (Wildman–Crippen MR) is 87.4 cm³/mol. The lowest BCUT2D eigenvalue weighted by molar-refractivity contribution is -0.164. The summed E-state index contributed by atoms with van der Waals surface area (Å²) in [4.78, 5) is 27.9. The molecule has 0 aromatic carbocycles. The highest BCUT2D eigenvalue weighted by atomic mass is 32.2. The van der Waals surface area contributed by atoms with E-state index in [1.807, 2.05) is 18.7 Å². The molecule has 1 N–H and O–H groups in total. The molecule has 21 heavy (non-hydrogen) atoms. The lowest BCUT2D eigenvalue weighted by atomic mass is 9.80. The summed E-state index contributed by atoms with van der Waals surface area (Å²) in [5.74, 6) is 1.27. The molecule has 0 bridgehead atoms. The summed E-state index contributed by atoms with van der Waals surface area (Å²) in [5, 5.41) is 3.12. The second-order valence-corrected chi connectivity index (χ2v) is 7.27. The van der Waals surface area contributed by atoms with Gasteiger partial charge in [0.05, 0.1) is 0 Å². The van der Waals surface area contributed by atoms with E-state index in [1.54, 1.807) is 11.8 Å². The standard InChI is InChI=1S/C16H28N2O2S/c1-4-16(5-2)13(19)17-15(9-6-7-10-15)14(20)18(16)11-8-12-21-3/h4-12H2,1-3H3,(H,17,19). The van der Waals surface area contributed by atoms with Crippen LogP contribution in [0, 0.1) is 0 Å². The fourth-order valence-electron chi connectivity index (χ4n) is 3.92. The Hall–Kier alpha value is -0.710. The van der Waals surface area contributed by atoms with Crippen LogP contribution < -0.4 is 5.32 Å². The van der Waals surface area contributed by atoms with Crippen molar-refractivity contribution in [3.8, 4) is 0 Å². The van der Waals surface area contributed by atoms with Gasteiger partial charge in [-0.1, -0.05) is 26.7 Å². The van der Waals surface area contributed by atoms with Crippen LogP contribution in [0.3, 0.4) is 0 Å². The van der Waals surface area contributed by atoms with E-state index in [1.165, 1.54) is 0 Å². The molecule has 0 radical (unpaired) electrons. The van der Waals surface area contributed by atoms with Crippen molar-refractivity contribution in [1.82, 2.24) is 10.2 Å². The molecule has 2 rings (SSSR count). The first-order valence-corrected chi connectivity index (χ1v) is 9.59. The van der Waals surface area contributed by atoms with E-state index in [0.29, 0.717) is 19.4 Å². The average Bonchev–Trinajstić information content (AvgIpc) is 2.95. The van der Waals surface area contributed by atoms with Gasteiger partial charge in [0, 0.05) is 6.54 Å². The van der Waals surface area contributed by atoms with E-state index in [4.69, 9.17) is 0 Å².